The number of nitrogens with one attached hydrogen (secondary N) is 3. The molecular weight excluding hydrogens is 867 g/mol. The molecule has 17 nitrogen and oxygen atoms in total. The van der Waals surface area contributed by atoms with E-state index in [0.29, 0.717) is 71.1 Å². The van der Waals surface area contributed by atoms with Crippen molar-refractivity contribution in [2.24, 2.45) is 5.92 Å². The van der Waals surface area contributed by atoms with Crippen LogP contribution < -0.4 is 16.0 Å². The monoisotopic (exact) mass is 934 g/mol. The van der Waals surface area contributed by atoms with Gasteiger partial charge in [0.25, 0.3) is 11.8 Å². The third kappa shape index (κ3) is 12.1. The molecule has 0 spiro atoms. The molecule has 4 fully saturated rings. The molecule has 1 atom stereocenters. The van der Waals surface area contributed by atoms with Crippen molar-refractivity contribution in [1.29, 1.82) is 0 Å². The molecular formula is C51H67N9O8. The maximum absolute atomic E-state index is 13.2. The molecule has 68 heavy (non-hydrogen) atoms. The van der Waals surface area contributed by atoms with Gasteiger partial charge in [0.05, 0.1) is 64.0 Å². The van der Waals surface area contributed by atoms with Gasteiger partial charge in [0.15, 0.2) is 0 Å². The maximum atomic E-state index is 13.2. The first-order valence-corrected chi connectivity index (χ1v) is 24.9. The molecule has 0 radical (unpaired) electrons. The number of fused-ring (bicyclic) bond motifs is 2. The fraction of sp³-hybridized carbons (Fsp3) is 0.569. The van der Waals surface area contributed by atoms with Crippen molar-refractivity contribution in [2.45, 2.75) is 82.8 Å². The van der Waals surface area contributed by atoms with E-state index in [-0.39, 0.29) is 24.0 Å². The minimum Gasteiger partial charge on any atom is -0.382 e. The summed E-state index contributed by atoms with van der Waals surface area (Å²) in [6.45, 7) is 11.1. The fourth-order valence-corrected chi connectivity index (χ4v) is 9.87. The number of imide groups is 2. The molecule has 2 saturated heterocycles. The molecule has 4 amide bonds. The van der Waals surface area contributed by atoms with Gasteiger partial charge in [0, 0.05) is 93.9 Å². The molecule has 1 unspecified atom stereocenters. The molecule has 2 aromatic heterocycles. The van der Waals surface area contributed by atoms with Crippen LogP contribution >= 0.6 is 0 Å². The van der Waals surface area contributed by atoms with Crippen molar-refractivity contribution in [3.05, 3.63) is 71.5 Å². The average molecular weight is 934 g/mol. The fourth-order valence-electron chi connectivity index (χ4n) is 9.87. The first-order valence-electron chi connectivity index (χ1n) is 24.9. The van der Waals surface area contributed by atoms with Gasteiger partial charge >= 0.3 is 0 Å². The van der Waals surface area contributed by atoms with Crippen LogP contribution in [0.1, 0.15) is 96.5 Å². The first-order chi connectivity index (χ1) is 33.4. The lowest BCUT2D eigenvalue weighted by Crippen LogP contribution is -2.54. The number of rotatable bonds is 25. The summed E-state index contributed by atoms with van der Waals surface area (Å²) in [5.74, 6) is -0.495. The zero-order chi connectivity index (χ0) is 46.7. The van der Waals surface area contributed by atoms with E-state index < -0.39 is 29.7 Å². The molecule has 17 heteroatoms. The van der Waals surface area contributed by atoms with Gasteiger partial charge in [0.1, 0.15) is 11.7 Å². The van der Waals surface area contributed by atoms with Gasteiger partial charge in [-0.05, 0) is 54.9 Å². The highest BCUT2D eigenvalue weighted by Crippen LogP contribution is 2.37. The van der Waals surface area contributed by atoms with Crippen LogP contribution in [0.15, 0.2) is 54.9 Å². The lowest BCUT2D eigenvalue weighted by atomic mass is 9.95. The Morgan fingerprint density at radius 2 is 1.40 bits per heavy atom. The van der Waals surface area contributed by atoms with Crippen molar-refractivity contribution < 1.29 is 38.1 Å². The summed E-state index contributed by atoms with van der Waals surface area (Å²) in [4.78, 5) is 66.1. The Morgan fingerprint density at radius 3 is 2.12 bits per heavy atom. The van der Waals surface area contributed by atoms with E-state index in [1.807, 2.05) is 6.20 Å². The van der Waals surface area contributed by atoms with Gasteiger partial charge in [-0.25, -0.2) is 4.98 Å². The third-order valence-corrected chi connectivity index (χ3v) is 13.9. The Balaban J connectivity index is 0.600. The van der Waals surface area contributed by atoms with E-state index >= 15 is 0 Å². The second-order valence-corrected chi connectivity index (χ2v) is 18.7. The molecule has 5 aliphatic rings. The summed E-state index contributed by atoms with van der Waals surface area (Å²) >= 11 is 0. The van der Waals surface area contributed by atoms with Crippen molar-refractivity contribution in [2.75, 3.05) is 109 Å². The van der Waals surface area contributed by atoms with E-state index in [2.05, 4.69) is 60.8 Å². The number of hydrogen-bond acceptors (Lipinski definition) is 14. The van der Waals surface area contributed by atoms with Crippen molar-refractivity contribution in [3.8, 4) is 11.1 Å². The molecule has 2 aliphatic carbocycles. The number of anilines is 2. The van der Waals surface area contributed by atoms with Crippen LogP contribution in [0.2, 0.25) is 0 Å². The molecule has 3 N–H and O–H groups in total. The van der Waals surface area contributed by atoms with Crippen LogP contribution in [0.5, 0.6) is 0 Å². The Bertz CT molecular complexity index is 2360. The number of nitrogens with zero attached hydrogens (tertiary/aromatic N) is 6. The standard InChI is InChI=1S/C51H67N9O8/c61-45-16-15-44(48(62)55-45)60-49(63)40-7-4-8-43(46(40)50(60)64)52-19-25-65-27-29-67-31-32-68-30-28-66-26-24-57-20-22-58(23-21-57)34-37-11-13-38(14-12-37)42-35-59(39-5-2-1-3-6-39)47-41(42)33-54-51(56-47)53-18-17-36-9-10-36/h4,7-8,11-14,33,35-36,39,44,52H,1-3,5-6,9-10,15-32,34H2,(H,53,54,56)(H,55,61,62). The van der Waals surface area contributed by atoms with E-state index in [9.17, 15) is 19.2 Å². The number of carbonyl (C=O) groups excluding carboxylic acids is 4. The third-order valence-electron chi connectivity index (χ3n) is 13.9. The second-order valence-electron chi connectivity index (χ2n) is 18.7. The summed E-state index contributed by atoms with van der Waals surface area (Å²) in [5, 5.41) is 10.0. The van der Waals surface area contributed by atoms with Crippen LogP contribution in [0.4, 0.5) is 11.6 Å². The normalized spacial score (nSPS) is 19.5. The Morgan fingerprint density at radius 1 is 0.691 bits per heavy atom. The zero-order valence-electron chi connectivity index (χ0n) is 39.3. The Kier molecular flexibility index (Phi) is 16.4. The number of benzene rings is 2. The highest BCUT2D eigenvalue weighted by atomic mass is 16.6. The highest BCUT2D eigenvalue weighted by molar-refractivity contribution is 6.25. The summed E-state index contributed by atoms with van der Waals surface area (Å²) in [7, 11) is 0. The van der Waals surface area contributed by atoms with Crippen LogP contribution in [-0.4, -0.2) is 158 Å². The first kappa shape index (κ1) is 47.8. The van der Waals surface area contributed by atoms with Gasteiger partial charge in [-0.2, -0.15) is 4.98 Å². The number of piperazine rings is 1. The van der Waals surface area contributed by atoms with Gasteiger partial charge in [-0.1, -0.05) is 62.4 Å². The smallest absolute Gasteiger partial charge is 0.264 e. The predicted molar refractivity (Wildman–Crippen MR) is 258 cm³/mol. The van der Waals surface area contributed by atoms with Crippen LogP contribution in [-0.2, 0) is 35.1 Å². The van der Waals surface area contributed by atoms with Gasteiger partial charge in [-0.15, -0.1) is 0 Å². The average Bonchev–Trinajstić information content (AvgIpc) is 4.06. The zero-order valence-corrected chi connectivity index (χ0v) is 39.3. The Hall–Kier alpha value is -5.30. The topological polar surface area (TPSA) is 182 Å². The number of piperidine rings is 1. The summed E-state index contributed by atoms with van der Waals surface area (Å²) in [5.41, 5.74) is 5.78. The molecule has 9 rings (SSSR count). The minimum absolute atomic E-state index is 0.0721. The quantitative estimate of drug-likeness (QED) is 0.0559. The molecule has 5 heterocycles. The largest absolute Gasteiger partial charge is 0.382 e. The lowest BCUT2D eigenvalue weighted by Gasteiger charge is -2.34. The number of hydrogen-bond donors (Lipinski definition) is 3. The van der Waals surface area contributed by atoms with Crippen molar-refractivity contribution in [3.63, 3.8) is 0 Å². The van der Waals surface area contributed by atoms with Crippen molar-refractivity contribution >= 4 is 46.3 Å². The van der Waals surface area contributed by atoms with Crippen molar-refractivity contribution in [1.82, 2.24) is 34.6 Å². The molecule has 4 aromatic rings. The molecule has 2 saturated carbocycles. The van der Waals surface area contributed by atoms with Crippen LogP contribution in [0.3, 0.4) is 0 Å². The van der Waals surface area contributed by atoms with Crippen LogP contribution in [0, 0.1) is 5.92 Å². The van der Waals surface area contributed by atoms with Gasteiger partial charge < -0.3 is 34.1 Å². The van der Waals surface area contributed by atoms with Gasteiger partial charge in [-0.3, -0.25) is 39.2 Å². The molecule has 2 aromatic carbocycles. The predicted octanol–water partition coefficient (Wildman–Crippen LogP) is 5.51. The highest BCUT2D eigenvalue weighted by Gasteiger charge is 2.45. The number of amides is 4. The SMILES string of the molecule is O=C1CCC(N2C(=O)c3cccc(NCCOCCOCCOCCOCCN4CCN(Cc5ccc(-c6cn(C7CCCCC7)c7nc(NCCC8CC8)ncc67)cc5)CC4)c3C2=O)C(=O)N1. The van der Waals surface area contributed by atoms with E-state index in [1.54, 1.807) is 18.2 Å². The molecule has 364 valence electrons. The lowest BCUT2D eigenvalue weighted by molar-refractivity contribution is -0.136. The number of ether oxygens (including phenoxy) is 4. The summed E-state index contributed by atoms with van der Waals surface area (Å²) < 4.78 is 25.3. The second kappa shape index (κ2) is 23.3. The summed E-state index contributed by atoms with van der Waals surface area (Å²) in [6, 6.07) is 13.6. The van der Waals surface area contributed by atoms with E-state index in [1.165, 1.54) is 68.1 Å². The van der Waals surface area contributed by atoms with E-state index in [4.69, 9.17) is 28.9 Å². The Labute approximate surface area is 398 Å². The minimum atomic E-state index is -1.01. The molecule has 3 aliphatic heterocycles. The van der Waals surface area contributed by atoms with E-state index in [0.717, 1.165) is 73.6 Å². The maximum Gasteiger partial charge on any atom is 0.264 e. The number of aromatic nitrogens is 3. The number of carbonyl (C=O) groups is 4. The van der Waals surface area contributed by atoms with Crippen LogP contribution in [0.25, 0.3) is 22.2 Å². The summed E-state index contributed by atoms with van der Waals surface area (Å²) in [6.07, 6.45) is 14.8. The van der Waals surface area contributed by atoms with Gasteiger partial charge in [0.2, 0.25) is 17.8 Å². The molecule has 0 bridgehead atoms.